The number of amides is 2. The van der Waals surface area contributed by atoms with Gasteiger partial charge in [0.1, 0.15) is 26.2 Å². The Labute approximate surface area is 160 Å². The van der Waals surface area contributed by atoms with Crippen molar-refractivity contribution in [2.75, 3.05) is 53.5 Å². The summed E-state index contributed by atoms with van der Waals surface area (Å²) in [6, 6.07) is 5.51. The maximum atomic E-state index is 12.8. The number of hydrogen-bond donors (Lipinski definition) is 2. The summed E-state index contributed by atoms with van der Waals surface area (Å²) in [5.74, 6) is 1.29. The van der Waals surface area contributed by atoms with E-state index in [1.54, 1.807) is 19.1 Å². The lowest BCUT2D eigenvalue weighted by atomic mass is 10.1. The van der Waals surface area contributed by atoms with Gasteiger partial charge in [-0.05, 0) is 31.0 Å². The summed E-state index contributed by atoms with van der Waals surface area (Å²) in [5.41, 5.74) is 1.02. The fraction of sp³-hybridized carbons (Fsp3) is 0.600. The van der Waals surface area contributed by atoms with E-state index in [1.165, 1.54) is 9.80 Å². The summed E-state index contributed by atoms with van der Waals surface area (Å²) >= 11 is 0. The third-order valence-electron chi connectivity index (χ3n) is 5.91. The molecule has 7 heteroatoms. The highest BCUT2D eigenvalue weighted by atomic mass is 16.5. The zero-order chi connectivity index (χ0) is 19.4. The van der Waals surface area contributed by atoms with Crippen molar-refractivity contribution in [3.63, 3.8) is 0 Å². The van der Waals surface area contributed by atoms with Crippen molar-refractivity contribution in [3.05, 3.63) is 23.8 Å². The second kappa shape index (κ2) is 8.71. The van der Waals surface area contributed by atoms with E-state index in [1.807, 2.05) is 18.2 Å². The molecule has 0 spiro atoms. The monoisotopic (exact) mass is 377 g/mol. The molecule has 2 N–H and O–H groups in total. The first-order chi connectivity index (χ1) is 13.1. The van der Waals surface area contributed by atoms with Crippen molar-refractivity contribution in [2.45, 2.75) is 25.8 Å². The molecule has 1 aromatic carbocycles. The van der Waals surface area contributed by atoms with E-state index in [-0.39, 0.29) is 17.9 Å². The molecule has 2 aliphatic rings. The topological polar surface area (TPSA) is 64.7 Å². The van der Waals surface area contributed by atoms with Crippen LogP contribution in [0.2, 0.25) is 0 Å². The Morgan fingerprint density at radius 2 is 1.78 bits per heavy atom. The normalized spacial score (nSPS) is 25.7. The van der Waals surface area contributed by atoms with Gasteiger partial charge in [0.2, 0.25) is 5.91 Å². The Morgan fingerprint density at radius 3 is 2.41 bits per heavy atom. The minimum Gasteiger partial charge on any atom is -0.493 e. The fourth-order valence-electron chi connectivity index (χ4n) is 4.14. The number of rotatable bonds is 7. The number of carbonyl (C=O) groups is 2. The van der Waals surface area contributed by atoms with E-state index in [4.69, 9.17) is 9.47 Å². The van der Waals surface area contributed by atoms with Crippen LogP contribution in [0.25, 0.3) is 0 Å². The number of imide groups is 1. The van der Waals surface area contributed by atoms with E-state index in [0.29, 0.717) is 30.9 Å². The first-order valence-corrected chi connectivity index (χ1v) is 9.80. The van der Waals surface area contributed by atoms with E-state index < -0.39 is 0 Å². The van der Waals surface area contributed by atoms with Crippen LogP contribution in [0.1, 0.15) is 18.9 Å². The largest absolute Gasteiger partial charge is 0.493 e. The van der Waals surface area contributed by atoms with Gasteiger partial charge in [-0.1, -0.05) is 6.07 Å². The molecular weight excluding hydrogens is 346 g/mol. The van der Waals surface area contributed by atoms with Gasteiger partial charge in [-0.15, -0.1) is 0 Å². The summed E-state index contributed by atoms with van der Waals surface area (Å²) in [7, 11) is 3.20. The van der Waals surface area contributed by atoms with Crippen molar-refractivity contribution >= 4 is 11.8 Å². The molecule has 148 valence electrons. The summed E-state index contributed by atoms with van der Waals surface area (Å²) < 4.78 is 10.6. The first kappa shape index (κ1) is 19.6. The van der Waals surface area contributed by atoms with Gasteiger partial charge in [0.05, 0.1) is 27.2 Å². The lowest BCUT2D eigenvalue weighted by molar-refractivity contribution is -1.02. The molecule has 0 aliphatic carbocycles. The average molecular weight is 377 g/mol. The highest BCUT2D eigenvalue weighted by Crippen LogP contribution is 2.28. The maximum Gasteiger partial charge on any atom is 0.288 e. The third kappa shape index (κ3) is 4.25. The molecule has 0 radical (unpaired) electrons. The maximum absolute atomic E-state index is 12.8. The summed E-state index contributed by atoms with van der Waals surface area (Å²) in [6.45, 7) is 7.84. The van der Waals surface area contributed by atoms with E-state index >= 15 is 0 Å². The van der Waals surface area contributed by atoms with Gasteiger partial charge in [-0.3, -0.25) is 14.5 Å². The number of likely N-dealkylation sites (N-methyl/N-ethyl adjacent to an activating group) is 1. The van der Waals surface area contributed by atoms with Crippen molar-refractivity contribution < 1.29 is 28.9 Å². The molecule has 1 atom stereocenters. The number of quaternary nitrogens is 2. The van der Waals surface area contributed by atoms with Crippen LogP contribution in [0.3, 0.4) is 0 Å². The molecule has 2 aliphatic heterocycles. The molecule has 3 rings (SSSR count). The molecule has 27 heavy (non-hydrogen) atoms. The third-order valence-corrected chi connectivity index (χ3v) is 5.91. The number of piperazine rings is 1. The molecular formula is C20H31N3O4+2. The highest BCUT2D eigenvalue weighted by molar-refractivity contribution is 6.04. The van der Waals surface area contributed by atoms with Gasteiger partial charge in [0.15, 0.2) is 17.5 Å². The Morgan fingerprint density at radius 1 is 1.07 bits per heavy atom. The number of ether oxygens (including phenoxy) is 2. The smallest absolute Gasteiger partial charge is 0.288 e. The van der Waals surface area contributed by atoms with Crippen LogP contribution in [0.5, 0.6) is 11.5 Å². The molecule has 1 aromatic rings. The molecule has 0 aromatic heterocycles. The van der Waals surface area contributed by atoms with E-state index in [9.17, 15) is 9.59 Å². The highest BCUT2D eigenvalue weighted by Gasteiger charge is 2.45. The SMILES string of the molecule is CC[NH+]1CC[NH+]([C@@H]2CC(=O)N(CCc3ccc(OC)c(OC)c3)C2=O)CC1. The van der Waals surface area contributed by atoms with Crippen molar-refractivity contribution in [3.8, 4) is 11.5 Å². The Balaban J connectivity index is 1.59. The van der Waals surface area contributed by atoms with E-state index in [2.05, 4.69) is 6.92 Å². The predicted octanol–water partition coefficient (Wildman–Crippen LogP) is -1.82. The van der Waals surface area contributed by atoms with Crippen molar-refractivity contribution in [1.82, 2.24) is 4.90 Å². The Hall–Kier alpha value is -2.12. The minimum absolute atomic E-state index is 0.00424. The number of nitrogens with one attached hydrogen (secondary N) is 2. The lowest BCUT2D eigenvalue weighted by Crippen LogP contribution is -3.29. The van der Waals surface area contributed by atoms with Crippen LogP contribution in [0, 0.1) is 0 Å². The number of methoxy groups -OCH3 is 2. The van der Waals surface area contributed by atoms with Crippen LogP contribution in [0.4, 0.5) is 0 Å². The van der Waals surface area contributed by atoms with Crippen molar-refractivity contribution in [2.24, 2.45) is 0 Å². The lowest BCUT2D eigenvalue weighted by Gasteiger charge is -2.31. The van der Waals surface area contributed by atoms with Gasteiger partial charge < -0.3 is 19.3 Å². The van der Waals surface area contributed by atoms with Crippen LogP contribution in [0.15, 0.2) is 18.2 Å². The second-order valence-corrected chi connectivity index (χ2v) is 7.34. The standard InChI is InChI=1S/C20H29N3O4/c1-4-21-9-11-22(12-10-21)16-14-19(24)23(20(16)25)8-7-15-5-6-17(26-2)18(13-15)27-3/h5-6,13,16H,4,7-12,14H2,1-3H3/p+2/t16-/m1/s1. The predicted molar refractivity (Wildman–Crippen MR) is 100 cm³/mol. The van der Waals surface area contributed by atoms with Gasteiger partial charge in [-0.25, -0.2) is 0 Å². The van der Waals surface area contributed by atoms with Crippen molar-refractivity contribution in [1.29, 1.82) is 0 Å². The minimum atomic E-state index is -0.193. The Bertz CT molecular complexity index is 686. The summed E-state index contributed by atoms with van der Waals surface area (Å²) in [4.78, 5) is 29.6. The van der Waals surface area contributed by atoms with Gasteiger partial charge in [0, 0.05) is 6.54 Å². The molecule has 0 unspecified atom stereocenters. The van der Waals surface area contributed by atoms with Gasteiger partial charge in [-0.2, -0.15) is 0 Å². The quantitative estimate of drug-likeness (QED) is 0.549. The fourth-order valence-corrected chi connectivity index (χ4v) is 4.14. The number of hydrogen-bond acceptors (Lipinski definition) is 4. The average Bonchev–Trinajstić information content (AvgIpc) is 2.99. The summed E-state index contributed by atoms with van der Waals surface area (Å²) in [5, 5.41) is 0. The first-order valence-electron chi connectivity index (χ1n) is 9.80. The molecule has 2 saturated heterocycles. The zero-order valence-corrected chi connectivity index (χ0v) is 16.5. The molecule has 2 heterocycles. The number of nitrogens with zero attached hydrogens (tertiary/aromatic N) is 1. The molecule has 0 bridgehead atoms. The molecule has 7 nitrogen and oxygen atoms in total. The van der Waals surface area contributed by atoms with E-state index in [0.717, 1.165) is 38.3 Å². The molecule has 2 amide bonds. The number of likely N-dealkylation sites (tertiary alicyclic amines) is 1. The molecule has 0 saturated carbocycles. The number of carbonyl (C=O) groups excluding carboxylic acids is 2. The van der Waals surface area contributed by atoms with Crippen LogP contribution in [-0.2, 0) is 16.0 Å². The zero-order valence-electron chi connectivity index (χ0n) is 16.5. The van der Waals surface area contributed by atoms with Crippen LogP contribution >= 0.6 is 0 Å². The Kier molecular flexibility index (Phi) is 6.34. The van der Waals surface area contributed by atoms with Crippen LogP contribution in [-0.4, -0.2) is 76.2 Å². The van der Waals surface area contributed by atoms with Gasteiger partial charge in [0.25, 0.3) is 5.91 Å². The van der Waals surface area contributed by atoms with Gasteiger partial charge >= 0.3 is 0 Å². The molecule has 2 fully saturated rings. The second-order valence-electron chi connectivity index (χ2n) is 7.34. The van der Waals surface area contributed by atoms with Crippen LogP contribution < -0.4 is 19.3 Å². The summed E-state index contributed by atoms with van der Waals surface area (Å²) in [6.07, 6.45) is 0.967. The number of benzene rings is 1.